The van der Waals surface area contributed by atoms with Gasteiger partial charge < -0.3 is 5.11 Å². The van der Waals surface area contributed by atoms with Gasteiger partial charge in [0.25, 0.3) is 0 Å². The molecule has 0 radical (unpaired) electrons. The topological polar surface area (TPSA) is 44.0 Å². The van der Waals surface area contributed by atoms with Crippen molar-refractivity contribution in [1.82, 2.24) is 0 Å². The molecule has 0 heterocycles. The first kappa shape index (κ1) is 11.4. The van der Waals surface area contributed by atoms with Crippen molar-refractivity contribution in [2.75, 3.05) is 0 Å². The third-order valence-corrected chi connectivity index (χ3v) is 2.67. The molecule has 0 fully saturated rings. The van der Waals surface area contributed by atoms with Crippen LogP contribution in [0.1, 0.15) is 22.8 Å². The second-order valence-electron chi connectivity index (χ2n) is 3.89. The lowest BCUT2D eigenvalue weighted by Crippen LogP contribution is -1.99. The summed E-state index contributed by atoms with van der Waals surface area (Å²) in [6.45, 7) is 0. The summed E-state index contributed by atoms with van der Waals surface area (Å²) in [6, 6.07) is 19.1. The van der Waals surface area contributed by atoms with Gasteiger partial charge in [0.2, 0.25) is 0 Å². The van der Waals surface area contributed by atoms with Crippen molar-refractivity contribution >= 4 is 0 Å². The minimum atomic E-state index is -0.630. The summed E-state index contributed by atoms with van der Waals surface area (Å²) in [5, 5.41) is 18.9. The number of hydrogen-bond acceptors (Lipinski definition) is 2. The van der Waals surface area contributed by atoms with Gasteiger partial charge in [-0.25, -0.2) is 0 Å². The van der Waals surface area contributed by atoms with Gasteiger partial charge in [-0.2, -0.15) is 5.26 Å². The molecule has 0 aliphatic heterocycles. The van der Waals surface area contributed by atoms with Crippen LogP contribution in [0.4, 0.5) is 0 Å². The second-order valence-corrected chi connectivity index (χ2v) is 3.89. The number of rotatable bonds is 3. The summed E-state index contributed by atoms with van der Waals surface area (Å²) < 4.78 is 0. The molecule has 84 valence electrons. The predicted octanol–water partition coefficient (Wildman–Crippen LogP) is 2.83. The molecule has 0 bridgehead atoms. The maximum atomic E-state index is 10.2. The summed E-state index contributed by atoms with van der Waals surface area (Å²) >= 11 is 0. The standard InChI is InChI=1S/C15H13NO/c16-10-9-12-5-4-8-14(11-12)15(17)13-6-2-1-3-7-13/h1-8,11,15,17H,9H2. The Hall–Kier alpha value is -2.11. The average molecular weight is 223 g/mol. The van der Waals surface area contributed by atoms with Crippen LogP contribution >= 0.6 is 0 Å². The van der Waals surface area contributed by atoms with E-state index < -0.39 is 6.10 Å². The first-order valence-electron chi connectivity index (χ1n) is 5.50. The van der Waals surface area contributed by atoms with Crippen LogP contribution in [0.2, 0.25) is 0 Å². The minimum Gasteiger partial charge on any atom is -0.384 e. The normalized spacial score (nSPS) is 11.8. The molecule has 0 amide bonds. The molecule has 2 rings (SSSR count). The third kappa shape index (κ3) is 2.72. The molecule has 0 saturated heterocycles. The lowest BCUT2D eigenvalue weighted by molar-refractivity contribution is 0.220. The van der Waals surface area contributed by atoms with E-state index in [9.17, 15) is 5.11 Å². The Bertz CT molecular complexity index is 528. The van der Waals surface area contributed by atoms with E-state index in [0.717, 1.165) is 16.7 Å². The molecule has 0 aliphatic carbocycles. The number of nitrogens with zero attached hydrogens (tertiary/aromatic N) is 1. The Labute approximate surface area is 101 Å². The largest absolute Gasteiger partial charge is 0.384 e. The van der Waals surface area contributed by atoms with Crippen molar-refractivity contribution in [3.05, 3.63) is 71.3 Å². The Balaban J connectivity index is 2.28. The van der Waals surface area contributed by atoms with Crippen molar-refractivity contribution in [3.8, 4) is 6.07 Å². The fourth-order valence-corrected chi connectivity index (χ4v) is 1.79. The molecule has 1 unspecified atom stereocenters. The van der Waals surface area contributed by atoms with Gasteiger partial charge in [0.15, 0.2) is 0 Å². The lowest BCUT2D eigenvalue weighted by atomic mass is 9.99. The van der Waals surface area contributed by atoms with Crippen LogP contribution in [0.3, 0.4) is 0 Å². The van der Waals surface area contributed by atoms with E-state index >= 15 is 0 Å². The SMILES string of the molecule is N#CCc1cccc(C(O)c2ccccc2)c1. The van der Waals surface area contributed by atoms with Gasteiger partial charge in [-0.3, -0.25) is 0 Å². The zero-order chi connectivity index (χ0) is 12.1. The maximum absolute atomic E-state index is 10.2. The number of nitriles is 1. The quantitative estimate of drug-likeness (QED) is 0.869. The molecule has 2 heteroatoms. The van der Waals surface area contributed by atoms with Crippen LogP contribution in [0.5, 0.6) is 0 Å². The highest BCUT2D eigenvalue weighted by Crippen LogP contribution is 2.22. The van der Waals surface area contributed by atoms with E-state index in [0.29, 0.717) is 6.42 Å². The summed E-state index contributed by atoms with van der Waals surface area (Å²) in [7, 11) is 0. The van der Waals surface area contributed by atoms with Crippen LogP contribution in [-0.4, -0.2) is 5.11 Å². The van der Waals surface area contributed by atoms with Gasteiger partial charge in [-0.1, -0.05) is 54.6 Å². The zero-order valence-electron chi connectivity index (χ0n) is 9.38. The summed E-state index contributed by atoms with van der Waals surface area (Å²) in [6.07, 6.45) is -0.259. The van der Waals surface area contributed by atoms with E-state index in [-0.39, 0.29) is 0 Å². The molecule has 2 aromatic rings. The van der Waals surface area contributed by atoms with Crippen LogP contribution in [0.15, 0.2) is 54.6 Å². The molecule has 0 spiro atoms. The lowest BCUT2D eigenvalue weighted by Gasteiger charge is -2.12. The first-order chi connectivity index (χ1) is 8.31. The third-order valence-electron chi connectivity index (χ3n) is 2.67. The molecule has 17 heavy (non-hydrogen) atoms. The van der Waals surface area contributed by atoms with Crippen LogP contribution in [0, 0.1) is 11.3 Å². The van der Waals surface area contributed by atoms with Crippen molar-refractivity contribution in [2.24, 2.45) is 0 Å². The predicted molar refractivity (Wildman–Crippen MR) is 66.3 cm³/mol. The Kier molecular flexibility index (Phi) is 3.54. The molecular weight excluding hydrogens is 210 g/mol. The van der Waals surface area contributed by atoms with E-state index in [2.05, 4.69) is 6.07 Å². The molecule has 0 aromatic heterocycles. The van der Waals surface area contributed by atoms with Crippen molar-refractivity contribution in [1.29, 1.82) is 5.26 Å². The highest BCUT2D eigenvalue weighted by molar-refractivity contribution is 5.33. The number of benzene rings is 2. The Morgan fingerprint density at radius 2 is 1.71 bits per heavy atom. The zero-order valence-corrected chi connectivity index (χ0v) is 9.38. The van der Waals surface area contributed by atoms with Gasteiger partial charge >= 0.3 is 0 Å². The second kappa shape index (κ2) is 5.29. The summed E-state index contributed by atoms with van der Waals surface area (Å²) in [4.78, 5) is 0. The highest BCUT2D eigenvalue weighted by atomic mass is 16.3. The van der Waals surface area contributed by atoms with Gasteiger partial charge in [0.1, 0.15) is 6.10 Å². The Morgan fingerprint density at radius 3 is 2.41 bits per heavy atom. The van der Waals surface area contributed by atoms with Gasteiger partial charge in [-0.15, -0.1) is 0 Å². The number of aliphatic hydroxyl groups is 1. The van der Waals surface area contributed by atoms with E-state index in [1.54, 1.807) is 0 Å². The molecule has 0 aliphatic rings. The first-order valence-corrected chi connectivity index (χ1v) is 5.50. The number of hydrogen-bond donors (Lipinski definition) is 1. The average Bonchev–Trinajstić information content (AvgIpc) is 2.40. The molecular formula is C15H13NO. The smallest absolute Gasteiger partial charge is 0.104 e. The highest BCUT2D eigenvalue weighted by Gasteiger charge is 2.09. The molecule has 2 nitrogen and oxygen atoms in total. The van der Waals surface area contributed by atoms with Gasteiger partial charge in [0, 0.05) is 0 Å². The van der Waals surface area contributed by atoms with Crippen molar-refractivity contribution in [3.63, 3.8) is 0 Å². The van der Waals surface area contributed by atoms with Crippen LogP contribution in [0.25, 0.3) is 0 Å². The summed E-state index contributed by atoms with van der Waals surface area (Å²) in [5.74, 6) is 0. The monoisotopic (exact) mass is 223 g/mol. The molecule has 0 saturated carbocycles. The fourth-order valence-electron chi connectivity index (χ4n) is 1.79. The van der Waals surface area contributed by atoms with Gasteiger partial charge in [-0.05, 0) is 16.7 Å². The van der Waals surface area contributed by atoms with Crippen LogP contribution < -0.4 is 0 Å². The summed E-state index contributed by atoms with van der Waals surface area (Å²) in [5.41, 5.74) is 2.62. The number of aliphatic hydroxyl groups excluding tert-OH is 1. The molecule has 1 N–H and O–H groups in total. The molecule has 2 aromatic carbocycles. The van der Waals surface area contributed by atoms with E-state index in [1.807, 2.05) is 54.6 Å². The fraction of sp³-hybridized carbons (Fsp3) is 0.133. The maximum Gasteiger partial charge on any atom is 0.104 e. The van der Waals surface area contributed by atoms with Crippen molar-refractivity contribution < 1.29 is 5.11 Å². The minimum absolute atomic E-state index is 0.370. The van der Waals surface area contributed by atoms with Crippen LogP contribution in [-0.2, 0) is 6.42 Å². The van der Waals surface area contributed by atoms with E-state index in [1.165, 1.54) is 0 Å². The van der Waals surface area contributed by atoms with Gasteiger partial charge in [0.05, 0.1) is 12.5 Å². The van der Waals surface area contributed by atoms with E-state index in [4.69, 9.17) is 5.26 Å². The molecule has 1 atom stereocenters. The van der Waals surface area contributed by atoms with Crippen molar-refractivity contribution in [2.45, 2.75) is 12.5 Å². The Morgan fingerprint density at radius 1 is 1.00 bits per heavy atom.